The maximum atomic E-state index is 9.25. The van der Waals surface area contributed by atoms with Gasteiger partial charge >= 0.3 is 0 Å². The predicted octanol–water partition coefficient (Wildman–Crippen LogP) is 2.59. The minimum Gasteiger partial charge on any atom is -0.462 e. The van der Waals surface area contributed by atoms with Crippen molar-refractivity contribution in [2.75, 3.05) is 0 Å². The van der Waals surface area contributed by atoms with Gasteiger partial charge in [-0.05, 0) is 12.1 Å². The van der Waals surface area contributed by atoms with E-state index in [1.807, 2.05) is 26.0 Å². The lowest BCUT2D eigenvalue weighted by Crippen LogP contribution is -2.35. The predicted molar refractivity (Wildman–Crippen MR) is 59.6 cm³/mol. The highest BCUT2D eigenvalue weighted by Gasteiger charge is 2.29. The number of hydrogen-bond acceptors (Lipinski definition) is 3. The van der Waals surface area contributed by atoms with E-state index in [2.05, 4.69) is 15.9 Å². The Hall–Kier alpha value is -0.580. The number of halogens is 1. The van der Waals surface area contributed by atoms with E-state index in [4.69, 9.17) is 9.47 Å². The van der Waals surface area contributed by atoms with Gasteiger partial charge < -0.3 is 14.6 Å². The van der Waals surface area contributed by atoms with E-state index in [1.165, 1.54) is 0 Å². The molecule has 15 heavy (non-hydrogen) atoms. The van der Waals surface area contributed by atoms with Crippen molar-refractivity contribution in [1.82, 2.24) is 0 Å². The summed E-state index contributed by atoms with van der Waals surface area (Å²) < 4.78 is 12.1. The first-order valence-corrected chi connectivity index (χ1v) is 5.56. The number of benzene rings is 1. The fourth-order valence-electron chi connectivity index (χ4n) is 1.59. The molecule has 1 aromatic carbocycles. The second-order valence-electron chi connectivity index (χ2n) is 4.00. The Balaban J connectivity index is 2.48. The molecule has 0 amide bonds. The van der Waals surface area contributed by atoms with Crippen molar-refractivity contribution in [1.29, 1.82) is 0 Å². The largest absolute Gasteiger partial charge is 0.462 e. The zero-order valence-corrected chi connectivity index (χ0v) is 10.3. The summed E-state index contributed by atoms with van der Waals surface area (Å²) in [4.78, 5) is 0. The first-order valence-electron chi connectivity index (χ1n) is 4.77. The molecule has 4 heteroatoms. The highest BCUT2D eigenvalue weighted by atomic mass is 79.9. The molecular weight excluding hydrogens is 260 g/mol. The molecule has 0 aliphatic carbocycles. The van der Waals surface area contributed by atoms with Crippen molar-refractivity contribution in [3.8, 4) is 5.75 Å². The zero-order chi connectivity index (χ0) is 11.1. The van der Waals surface area contributed by atoms with Gasteiger partial charge in [0.05, 0.1) is 13.2 Å². The molecule has 0 saturated carbocycles. The zero-order valence-electron chi connectivity index (χ0n) is 8.71. The van der Waals surface area contributed by atoms with Gasteiger partial charge in [-0.1, -0.05) is 15.9 Å². The van der Waals surface area contributed by atoms with Crippen molar-refractivity contribution in [2.24, 2.45) is 0 Å². The number of hydrogen-bond donors (Lipinski definition) is 1. The Bertz CT molecular complexity index is 370. The summed E-state index contributed by atoms with van der Waals surface area (Å²) in [5.41, 5.74) is 1.75. The average Bonchev–Trinajstić information content (AvgIpc) is 2.17. The Morgan fingerprint density at radius 3 is 2.87 bits per heavy atom. The van der Waals surface area contributed by atoms with Crippen LogP contribution >= 0.6 is 15.9 Å². The standard InChI is InChI=1S/C11H13BrO3/c1-11(2)14-6-8-4-9(12)3-7(5-13)10(8)15-11/h3-4,13H,5-6H2,1-2H3. The molecule has 2 rings (SSSR count). The molecule has 0 bridgehead atoms. The summed E-state index contributed by atoms with van der Waals surface area (Å²) in [6.45, 7) is 4.20. The van der Waals surface area contributed by atoms with Crippen LogP contribution in [0, 0.1) is 0 Å². The van der Waals surface area contributed by atoms with Crippen molar-refractivity contribution in [2.45, 2.75) is 32.8 Å². The Morgan fingerprint density at radius 1 is 1.47 bits per heavy atom. The van der Waals surface area contributed by atoms with Crippen LogP contribution in [-0.2, 0) is 18.0 Å². The van der Waals surface area contributed by atoms with Crippen LogP contribution in [0.15, 0.2) is 16.6 Å². The Labute approximate surface area is 97.1 Å². The topological polar surface area (TPSA) is 38.7 Å². The quantitative estimate of drug-likeness (QED) is 0.854. The Kier molecular flexibility index (Phi) is 2.75. The van der Waals surface area contributed by atoms with Gasteiger partial charge in [0.25, 0.3) is 0 Å². The Morgan fingerprint density at radius 2 is 2.20 bits per heavy atom. The van der Waals surface area contributed by atoms with Crippen LogP contribution < -0.4 is 4.74 Å². The highest BCUT2D eigenvalue weighted by Crippen LogP contribution is 2.36. The lowest BCUT2D eigenvalue weighted by atomic mass is 10.1. The minimum atomic E-state index is -0.620. The minimum absolute atomic E-state index is 0.0299. The molecule has 0 unspecified atom stereocenters. The smallest absolute Gasteiger partial charge is 0.205 e. The third-order valence-electron chi connectivity index (χ3n) is 2.30. The summed E-state index contributed by atoms with van der Waals surface area (Å²) in [6.07, 6.45) is 0. The summed E-state index contributed by atoms with van der Waals surface area (Å²) in [5, 5.41) is 9.25. The van der Waals surface area contributed by atoms with E-state index in [9.17, 15) is 5.11 Å². The van der Waals surface area contributed by atoms with E-state index in [-0.39, 0.29) is 6.61 Å². The number of ether oxygens (including phenoxy) is 2. The van der Waals surface area contributed by atoms with Crippen molar-refractivity contribution in [3.63, 3.8) is 0 Å². The van der Waals surface area contributed by atoms with Gasteiger partial charge in [-0.3, -0.25) is 0 Å². The first-order chi connectivity index (χ1) is 7.02. The molecule has 0 fully saturated rings. The monoisotopic (exact) mass is 272 g/mol. The summed E-state index contributed by atoms with van der Waals surface area (Å²) in [5.74, 6) is 0.127. The van der Waals surface area contributed by atoms with Gasteiger partial charge in [0.1, 0.15) is 5.75 Å². The second-order valence-corrected chi connectivity index (χ2v) is 4.92. The number of aliphatic hydroxyl groups excluding tert-OH is 1. The molecule has 0 radical (unpaired) electrons. The maximum Gasteiger partial charge on any atom is 0.205 e. The molecule has 1 aliphatic rings. The molecule has 1 aliphatic heterocycles. The van der Waals surface area contributed by atoms with Gasteiger partial charge in [-0.15, -0.1) is 0 Å². The number of aliphatic hydroxyl groups is 1. The molecule has 0 spiro atoms. The van der Waals surface area contributed by atoms with Crippen LogP contribution in [0.2, 0.25) is 0 Å². The second kappa shape index (κ2) is 3.77. The maximum absolute atomic E-state index is 9.25. The normalized spacial score (nSPS) is 18.1. The highest BCUT2D eigenvalue weighted by molar-refractivity contribution is 9.10. The van der Waals surface area contributed by atoms with Crippen LogP contribution in [0.3, 0.4) is 0 Å². The molecular formula is C11H13BrO3. The molecule has 1 aromatic rings. The van der Waals surface area contributed by atoms with Gasteiger partial charge in [0.2, 0.25) is 5.79 Å². The third kappa shape index (κ3) is 2.17. The van der Waals surface area contributed by atoms with Crippen LogP contribution in [0.25, 0.3) is 0 Å². The SMILES string of the molecule is CC1(C)OCc2cc(Br)cc(CO)c2O1. The summed E-state index contributed by atoms with van der Waals surface area (Å²) in [7, 11) is 0. The average molecular weight is 273 g/mol. The molecule has 1 N–H and O–H groups in total. The van der Waals surface area contributed by atoms with Crippen LogP contribution in [-0.4, -0.2) is 10.9 Å². The molecule has 82 valence electrons. The van der Waals surface area contributed by atoms with Gasteiger partial charge in [0.15, 0.2) is 0 Å². The van der Waals surface area contributed by atoms with E-state index < -0.39 is 5.79 Å². The van der Waals surface area contributed by atoms with Crippen LogP contribution in [0.4, 0.5) is 0 Å². The van der Waals surface area contributed by atoms with E-state index in [0.717, 1.165) is 21.3 Å². The van der Waals surface area contributed by atoms with E-state index in [0.29, 0.717) is 6.61 Å². The van der Waals surface area contributed by atoms with Gasteiger partial charge in [-0.2, -0.15) is 0 Å². The fourth-order valence-corrected chi connectivity index (χ4v) is 2.15. The lowest BCUT2D eigenvalue weighted by Gasteiger charge is -2.33. The van der Waals surface area contributed by atoms with Crippen molar-refractivity contribution < 1.29 is 14.6 Å². The summed E-state index contributed by atoms with van der Waals surface area (Å²) in [6, 6.07) is 3.81. The van der Waals surface area contributed by atoms with Crippen LogP contribution in [0.1, 0.15) is 25.0 Å². The van der Waals surface area contributed by atoms with E-state index in [1.54, 1.807) is 0 Å². The van der Waals surface area contributed by atoms with Crippen molar-refractivity contribution >= 4 is 15.9 Å². The molecule has 0 aromatic heterocycles. The van der Waals surface area contributed by atoms with E-state index >= 15 is 0 Å². The number of fused-ring (bicyclic) bond motifs is 1. The van der Waals surface area contributed by atoms with Gasteiger partial charge in [-0.25, -0.2) is 0 Å². The number of rotatable bonds is 1. The van der Waals surface area contributed by atoms with Crippen molar-refractivity contribution in [3.05, 3.63) is 27.7 Å². The first kappa shape index (κ1) is 10.9. The lowest BCUT2D eigenvalue weighted by molar-refractivity contribution is -0.180. The molecule has 1 heterocycles. The summed E-state index contributed by atoms with van der Waals surface area (Å²) >= 11 is 3.39. The molecule has 0 atom stereocenters. The fraction of sp³-hybridized carbons (Fsp3) is 0.455. The molecule has 3 nitrogen and oxygen atoms in total. The third-order valence-corrected chi connectivity index (χ3v) is 2.76. The van der Waals surface area contributed by atoms with Gasteiger partial charge in [0, 0.05) is 29.4 Å². The molecule has 0 saturated heterocycles. The van der Waals surface area contributed by atoms with Crippen LogP contribution in [0.5, 0.6) is 5.75 Å².